The molecule has 1 aliphatic heterocycles. The number of rotatable bonds is 2. The third-order valence-electron chi connectivity index (χ3n) is 3.00. The van der Waals surface area contributed by atoms with Crippen LogP contribution in [0.4, 0.5) is 5.95 Å². The van der Waals surface area contributed by atoms with E-state index in [0.717, 1.165) is 0 Å². The Hall–Kier alpha value is -1.85. The van der Waals surface area contributed by atoms with Crippen LogP contribution in [0, 0.1) is 12.8 Å². The number of carboxylic acid groups (broad SMARTS) is 1. The van der Waals surface area contributed by atoms with Gasteiger partial charge in [-0.15, -0.1) is 0 Å². The Morgan fingerprint density at radius 1 is 1.53 bits per heavy atom. The zero-order valence-electron chi connectivity index (χ0n) is 9.64. The zero-order valence-corrected chi connectivity index (χ0v) is 9.64. The summed E-state index contributed by atoms with van der Waals surface area (Å²) in [5, 5.41) is 8.89. The molecule has 0 spiro atoms. The SMILES string of the molecule is Cc1cc(=O)[nH]c(N2CCC(C(=O)O)CC2)n1. The topological polar surface area (TPSA) is 86.3 Å². The van der Waals surface area contributed by atoms with Gasteiger partial charge >= 0.3 is 5.97 Å². The maximum Gasteiger partial charge on any atom is 0.306 e. The minimum Gasteiger partial charge on any atom is -0.481 e. The smallest absolute Gasteiger partial charge is 0.306 e. The van der Waals surface area contributed by atoms with E-state index in [0.29, 0.717) is 37.6 Å². The highest BCUT2D eigenvalue weighted by molar-refractivity contribution is 5.70. The monoisotopic (exact) mass is 237 g/mol. The van der Waals surface area contributed by atoms with Crippen molar-refractivity contribution in [1.82, 2.24) is 9.97 Å². The lowest BCUT2D eigenvalue weighted by Crippen LogP contribution is -2.38. The van der Waals surface area contributed by atoms with Gasteiger partial charge in [0.25, 0.3) is 5.56 Å². The van der Waals surface area contributed by atoms with Crippen LogP contribution in [0.25, 0.3) is 0 Å². The normalized spacial score (nSPS) is 17.1. The molecule has 1 aromatic rings. The molecule has 0 unspecified atom stereocenters. The zero-order chi connectivity index (χ0) is 12.4. The minimum atomic E-state index is -0.740. The molecule has 2 heterocycles. The summed E-state index contributed by atoms with van der Waals surface area (Å²) in [4.78, 5) is 31.0. The van der Waals surface area contributed by atoms with Crippen molar-refractivity contribution < 1.29 is 9.90 Å². The summed E-state index contributed by atoms with van der Waals surface area (Å²) >= 11 is 0. The molecule has 6 nitrogen and oxygen atoms in total. The van der Waals surface area contributed by atoms with Crippen LogP contribution in [0.2, 0.25) is 0 Å². The van der Waals surface area contributed by atoms with Crippen LogP contribution < -0.4 is 10.5 Å². The van der Waals surface area contributed by atoms with E-state index in [1.807, 2.05) is 4.90 Å². The average Bonchev–Trinajstić information content (AvgIpc) is 2.28. The van der Waals surface area contributed by atoms with Crippen molar-refractivity contribution >= 4 is 11.9 Å². The van der Waals surface area contributed by atoms with Crippen molar-refractivity contribution in [2.45, 2.75) is 19.8 Å². The molecule has 1 fully saturated rings. The number of piperidine rings is 1. The van der Waals surface area contributed by atoms with Crippen molar-refractivity contribution in [3.05, 3.63) is 22.1 Å². The Balaban J connectivity index is 2.10. The lowest BCUT2D eigenvalue weighted by molar-refractivity contribution is -0.142. The van der Waals surface area contributed by atoms with Crippen molar-refractivity contribution in [2.75, 3.05) is 18.0 Å². The predicted molar refractivity (Wildman–Crippen MR) is 62.2 cm³/mol. The first-order valence-electron chi connectivity index (χ1n) is 5.62. The third-order valence-corrected chi connectivity index (χ3v) is 3.00. The van der Waals surface area contributed by atoms with Gasteiger partial charge in [0.2, 0.25) is 5.95 Å². The molecular weight excluding hydrogens is 222 g/mol. The third kappa shape index (κ3) is 2.64. The highest BCUT2D eigenvalue weighted by atomic mass is 16.4. The molecule has 1 aliphatic rings. The van der Waals surface area contributed by atoms with Gasteiger partial charge in [0, 0.05) is 24.8 Å². The maximum absolute atomic E-state index is 11.3. The largest absolute Gasteiger partial charge is 0.481 e. The van der Waals surface area contributed by atoms with E-state index in [2.05, 4.69) is 9.97 Å². The van der Waals surface area contributed by atoms with Gasteiger partial charge in [-0.25, -0.2) is 4.98 Å². The van der Waals surface area contributed by atoms with E-state index >= 15 is 0 Å². The van der Waals surface area contributed by atoms with Crippen molar-refractivity contribution in [3.8, 4) is 0 Å². The summed E-state index contributed by atoms with van der Waals surface area (Å²) in [5.41, 5.74) is 0.497. The summed E-state index contributed by atoms with van der Waals surface area (Å²) in [7, 11) is 0. The molecule has 0 radical (unpaired) electrons. The molecule has 0 aromatic carbocycles. The lowest BCUT2D eigenvalue weighted by Gasteiger charge is -2.30. The molecule has 92 valence electrons. The fraction of sp³-hybridized carbons (Fsp3) is 0.545. The van der Waals surface area contributed by atoms with Gasteiger partial charge in [0.15, 0.2) is 0 Å². The number of nitrogens with zero attached hydrogens (tertiary/aromatic N) is 2. The van der Waals surface area contributed by atoms with Gasteiger partial charge < -0.3 is 10.0 Å². The molecule has 6 heteroatoms. The van der Waals surface area contributed by atoms with Crippen LogP contribution in [0.15, 0.2) is 10.9 Å². The number of hydrogen-bond donors (Lipinski definition) is 2. The van der Waals surface area contributed by atoms with Gasteiger partial charge in [-0.3, -0.25) is 14.6 Å². The van der Waals surface area contributed by atoms with Gasteiger partial charge in [-0.1, -0.05) is 0 Å². The number of hydrogen-bond acceptors (Lipinski definition) is 4. The Labute approximate surface area is 98.3 Å². The molecule has 0 bridgehead atoms. The standard InChI is InChI=1S/C11H15N3O3/c1-7-6-9(15)13-11(12-7)14-4-2-8(3-5-14)10(16)17/h6,8H,2-5H2,1H3,(H,16,17)(H,12,13,15). The number of aryl methyl sites for hydroxylation is 1. The van der Waals surface area contributed by atoms with E-state index in [9.17, 15) is 9.59 Å². The maximum atomic E-state index is 11.3. The highest BCUT2D eigenvalue weighted by Crippen LogP contribution is 2.20. The molecule has 0 amide bonds. The van der Waals surface area contributed by atoms with Crippen LogP contribution in [-0.2, 0) is 4.79 Å². The molecular formula is C11H15N3O3. The van der Waals surface area contributed by atoms with Crippen LogP contribution in [0.3, 0.4) is 0 Å². The molecule has 0 saturated carbocycles. The summed E-state index contributed by atoms with van der Waals surface area (Å²) in [5.74, 6) is -0.475. The van der Waals surface area contributed by atoms with Crippen LogP contribution in [0.5, 0.6) is 0 Å². The molecule has 0 atom stereocenters. The number of carbonyl (C=O) groups is 1. The Kier molecular flexibility index (Phi) is 3.12. The highest BCUT2D eigenvalue weighted by Gasteiger charge is 2.25. The first-order valence-corrected chi connectivity index (χ1v) is 5.62. The number of aliphatic carboxylic acids is 1. The number of carboxylic acids is 1. The second-order valence-electron chi connectivity index (χ2n) is 4.31. The average molecular weight is 237 g/mol. The molecule has 0 aliphatic carbocycles. The predicted octanol–water partition coefficient (Wildman–Crippen LogP) is 0.379. The van der Waals surface area contributed by atoms with E-state index in [-0.39, 0.29) is 11.5 Å². The summed E-state index contributed by atoms with van der Waals surface area (Å²) in [6.07, 6.45) is 1.18. The molecule has 1 aromatic heterocycles. The fourth-order valence-corrected chi connectivity index (χ4v) is 2.05. The van der Waals surface area contributed by atoms with Gasteiger partial charge in [0.05, 0.1) is 5.92 Å². The van der Waals surface area contributed by atoms with E-state index in [4.69, 9.17) is 5.11 Å². The Morgan fingerprint density at radius 2 is 2.18 bits per heavy atom. The van der Waals surface area contributed by atoms with Crippen molar-refractivity contribution in [3.63, 3.8) is 0 Å². The lowest BCUT2D eigenvalue weighted by atomic mass is 9.97. The van der Waals surface area contributed by atoms with Gasteiger partial charge in [0.1, 0.15) is 0 Å². The van der Waals surface area contributed by atoms with Crippen LogP contribution >= 0.6 is 0 Å². The second kappa shape index (κ2) is 4.57. The molecule has 2 rings (SSSR count). The summed E-state index contributed by atoms with van der Waals surface area (Å²) in [6.45, 7) is 3.00. The number of H-pyrrole nitrogens is 1. The Morgan fingerprint density at radius 3 is 2.71 bits per heavy atom. The first-order chi connectivity index (χ1) is 8.06. The van der Waals surface area contributed by atoms with Crippen molar-refractivity contribution in [2.24, 2.45) is 5.92 Å². The second-order valence-corrected chi connectivity index (χ2v) is 4.31. The number of aromatic nitrogens is 2. The summed E-state index contributed by atoms with van der Waals surface area (Å²) < 4.78 is 0. The molecule has 2 N–H and O–H groups in total. The number of aromatic amines is 1. The molecule has 17 heavy (non-hydrogen) atoms. The Bertz CT molecular complexity index is 475. The van der Waals surface area contributed by atoms with Gasteiger partial charge in [-0.2, -0.15) is 0 Å². The fourth-order valence-electron chi connectivity index (χ4n) is 2.05. The summed E-state index contributed by atoms with van der Waals surface area (Å²) in [6, 6.07) is 1.44. The first kappa shape index (κ1) is 11.6. The van der Waals surface area contributed by atoms with Crippen LogP contribution in [-0.4, -0.2) is 34.1 Å². The minimum absolute atomic E-state index is 0.173. The number of anilines is 1. The molecule has 1 saturated heterocycles. The van der Waals surface area contributed by atoms with E-state index < -0.39 is 5.97 Å². The van der Waals surface area contributed by atoms with Crippen molar-refractivity contribution in [1.29, 1.82) is 0 Å². The van der Waals surface area contributed by atoms with E-state index in [1.165, 1.54) is 6.07 Å². The van der Waals surface area contributed by atoms with E-state index in [1.54, 1.807) is 6.92 Å². The quantitative estimate of drug-likeness (QED) is 0.776. The van der Waals surface area contributed by atoms with Crippen LogP contribution in [0.1, 0.15) is 18.5 Å². The number of nitrogens with one attached hydrogen (secondary N) is 1. The van der Waals surface area contributed by atoms with Gasteiger partial charge in [-0.05, 0) is 19.8 Å².